The molecule has 0 amide bonds. The van der Waals surface area contributed by atoms with E-state index in [1.165, 1.54) is 12.0 Å². The lowest BCUT2D eigenvalue weighted by molar-refractivity contribution is -0.0334. The van der Waals surface area contributed by atoms with Gasteiger partial charge in [-0.05, 0) is 31.2 Å². The van der Waals surface area contributed by atoms with Crippen molar-refractivity contribution in [2.75, 3.05) is 6.54 Å². The first kappa shape index (κ1) is 12.6. The van der Waals surface area contributed by atoms with Crippen LogP contribution in [-0.2, 0) is 0 Å². The highest BCUT2D eigenvalue weighted by Crippen LogP contribution is 2.31. The first-order chi connectivity index (χ1) is 8.23. The number of nitrogens with one attached hydrogen (secondary N) is 1. The van der Waals surface area contributed by atoms with Gasteiger partial charge in [0.05, 0.1) is 5.60 Å². The van der Waals surface area contributed by atoms with Crippen LogP contribution in [-0.4, -0.2) is 17.3 Å². The summed E-state index contributed by atoms with van der Waals surface area (Å²) in [5, 5.41) is 13.6. The molecule has 0 bridgehead atoms. The van der Waals surface area contributed by atoms with Gasteiger partial charge in [-0.1, -0.05) is 43.7 Å². The Morgan fingerprint density at radius 3 is 2.53 bits per heavy atom. The number of aliphatic hydroxyl groups is 1. The first-order valence-corrected chi connectivity index (χ1v) is 6.74. The fourth-order valence-corrected chi connectivity index (χ4v) is 2.44. The molecule has 1 fully saturated rings. The molecule has 2 N–H and O–H groups in total. The smallest absolute Gasteiger partial charge is 0.0771 e. The molecule has 1 atom stereocenters. The molecular weight excluding hydrogens is 210 g/mol. The topological polar surface area (TPSA) is 32.3 Å². The van der Waals surface area contributed by atoms with Gasteiger partial charge in [0.15, 0.2) is 0 Å². The molecule has 0 saturated heterocycles. The van der Waals surface area contributed by atoms with Crippen molar-refractivity contribution in [2.45, 2.75) is 50.7 Å². The van der Waals surface area contributed by atoms with Crippen LogP contribution < -0.4 is 5.32 Å². The molecule has 2 rings (SSSR count). The summed E-state index contributed by atoms with van der Waals surface area (Å²) in [6, 6.07) is 10.9. The molecular formula is C15H23NO. The molecule has 0 aromatic heterocycles. The van der Waals surface area contributed by atoms with E-state index in [9.17, 15) is 5.11 Å². The molecule has 0 radical (unpaired) electrons. The Labute approximate surface area is 104 Å². The van der Waals surface area contributed by atoms with E-state index in [-0.39, 0.29) is 0 Å². The number of hydrogen-bond acceptors (Lipinski definition) is 2. The van der Waals surface area contributed by atoms with Crippen LogP contribution in [0.25, 0.3) is 0 Å². The van der Waals surface area contributed by atoms with Gasteiger partial charge in [0.2, 0.25) is 0 Å². The van der Waals surface area contributed by atoms with Gasteiger partial charge in [-0.15, -0.1) is 0 Å². The summed E-state index contributed by atoms with van der Waals surface area (Å²) < 4.78 is 0. The van der Waals surface area contributed by atoms with Crippen LogP contribution in [0.2, 0.25) is 0 Å². The molecule has 0 heterocycles. The molecule has 17 heavy (non-hydrogen) atoms. The maximum absolute atomic E-state index is 10.1. The van der Waals surface area contributed by atoms with Gasteiger partial charge in [0.1, 0.15) is 0 Å². The first-order valence-electron chi connectivity index (χ1n) is 6.74. The lowest BCUT2D eigenvalue weighted by atomic mass is 9.80. The molecule has 1 aliphatic rings. The van der Waals surface area contributed by atoms with E-state index in [1.54, 1.807) is 0 Å². The summed E-state index contributed by atoms with van der Waals surface area (Å²) in [7, 11) is 0. The van der Waals surface area contributed by atoms with Crippen molar-refractivity contribution in [1.29, 1.82) is 0 Å². The minimum absolute atomic E-state index is 0.380. The van der Waals surface area contributed by atoms with Gasteiger partial charge in [0.25, 0.3) is 0 Å². The highest BCUT2D eigenvalue weighted by Gasteiger charge is 2.34. The molecule has 1 aromatic carbocycles. The molecule has 0 aliphatic heterocycles. The molecule has 2 heteroatoms. The fourth-order valence-electron chi connectivity index (χ4n) is 2.44. The third-order valence-corrected chi connectivity index (χ3v) is 3.74. The van der Waals surface area contributed by atoms with Crippen LogP contribution in [0.1, 0.15) is 50.6 Å². The van der Waals surface area contributed by atoms with Gasteiger partial charge in [0, 0.05) is 12.6 Å². The Bertz CT molecular complexity index is 332. The quantitative estimate of drug-likeness (QED) is 0.791. The zero-order valence-electron chi connectivity index (χ0n) is 10.7. The second kappa shape index (κ2) is 5.65. The SMILES string of the molecule is CCCC(NCC1(O)CCC1)c1ccccc1. The summed E-state index contributed by atoms with van der Waals surface area (Å²) in [5.74, 6) is 0. The maximum atomic E-state index is 10.1. The van der Waals surface area contributed by atoms with E-state index in [4.69, 9.17) is 0 Å². The third kappa shape index (κ3) is 3.30. The van der Waals surface area contributed by atoms with Crippen LogP contribution in [0, 0.1) is 0 Å². The van der Waals surface area contributed by atoms with E-state index < -0.39 is 5.60 Å². The Morgan fingerprint density at radius 2 is 2.00 bits per heavy atom. The van der Waals surface area contributed by atoms with E-state index in [1.807, 2.05) is 6.07 Å². The molecule has 0 spiro atoms. The number of hydrogen-bond donors (Lipinski definition) is 2. The lowest BCUT2D eigenvalue weighted by Gasteiger charge is -2.38. The zero-order valence-corrected chi connectivity index (χ0v) is 10.7. The second-order valence-corrected chi connectivity index (χ2v) is 5.21. The van der Waals surface area contributed by atoms with E-state index in [0.717, 1.165) is 32.2 Å². The van der Waals surface area contributed by atoms with Crippen molar-refractivity contribution < 1.29 is 5.11 Å². The van der Waals surface area contributed by atoms with E-state index in [2.05, 4.69) is 36.5 Å². The highest BCUT2D eigenvalue weighted by atomic mass is 16.3. The molecule has 1 aliphatic carbocycles. The maximum Gasteiger partial charge on any atom is 0.0771 e. The normalized spacial score (nSPS) is 19.6. The van der Waals surface area contributed by atoms with Crippen LogP contribution in [0.5, 0.6) is 0 Å². The summed E-state index contributed by atoms with van der Waals surface area (Å²) in [6.45, 7) is 2.93. The molecule has 94 valence electrons. The Hall–Kier alpha value is -0.860. The predicted molar refractivity (Wildman–Crippen MR) is 70.9 cm³/mol. The molecule has 2 nitrogen and oxygen atoms in total. The van der Waals surface area contributed by atoms with Gasteiger partial charge in [-0.2, -0.15) is 0 Å². The molecule has 1 unspecified atom stereocenters. The Balaban J connectivity index is 1.93. The van der Waals surface area contributed by atoms with Crippen LogP contribution in [0.15, 0.2) is 30.3 Å². The fraction of sp³-hybridized carbons (Fsp3) is 0.600. The van der Waals surface area contributed by atoms with Crippen molar-refractivity contribution >= 4 is 0 Å². The van der Waals surface area contributed by atoms with Gasteiger partial charge < -0.3 is 10.4 Å². The monoisotopic (exact) mass is 233 g/mol. The molecule has 1 aromatic rings. The summed E-state index contributed by atoms with van der Waals surface area (Å²) in [4.78, 5) is 0. The van der Waals surface area contributed by atoms with E-state index in [0.29, 0.717) is 6.04 Å². The average Bonchev–Trinajstić information content (AvgIpc) is 2.33. The second-order valence-electron chi connectivity index (χ2n) is 5.21. The predicted octanol–water partition coefficient (Wildman–Crippen LogP) is 3.03. The largest absolute Gasteiger partial charge is 0.389 e. The third-order valence-electron chi connectivity index (χ3n) is 3.74. The summed E-state index contributed by atoms with van der Waals surface area (Å²) >= 11 is 0. The minimum atomic E-state index is -0.430. The van der Waals surface area contributed by atoms with Gasteiger partial charge >= 0.3 is 0 Å². The van der Waals surface area contributed by atoms with Crippen LogP contribution >= 0.6 is 0 Å². The van der Waals surface area contributed by atoms with Crippen LogP contribution in [0.4, 0.5) is 0 Å². The van der Waals surface area contributed by atoms with Crippen molar-refractivity contribution in [3.8, 4) is 0 Å². The van der Waals surface area contributed by atoms with Gasteiger partial charge in [-0.25, -0.2) is 0 Å². The Kier molecular flexibility index (Phi) is 4.19. The molecule has 1 saturated carbocycles. The van der Waals surface area contributed by atoms with Gasteiger partial charge in [-0.3, -0.25) is 0 Å². The average molecular weight is 233 g/mol. The van der Waals surface area contributed by atoms with E-state index >= 15 is 0 Å². The van der Waals surface area contributed by atoms with Crippen molar-refractivity contribution in [2.24, 2.45) is 0 Å². The lowest BCUT2D eigenvalue weighted by Crippen LogP contribution is -2.47. The number of rotatable bonds is 6. The standard InChI is InChI=1S/C15H23NO/c1-2-7-14(13-8-4-3-5-9-13)16-12-15(17)10-6-11-15/h3-5,8-9,14,16-17H,2,6-7,10-12H2,1H3. The highest BCUT2D eigenvalue weighted by molar-refractivity contribution is 5.19. The van der Waals surface area contributed by atoms with Crippen molar-refractivity contribution in [3.63, 3.8) is 0 Å². The number of benzene rings is 1. The van der Waals surface area contributed by atoms with Crippen molar-refractivity contribution in [1.82, 2.24) is 5.32 Å². The summed E-state index contributed by atoms with van der Waals surface area (Å²) in [5.41, 5.74) is 0.901. The summed E-state index contributed by atoms with van der Waals surface area (Å²) in [6.07, 6.45) is 5.36. The van der Waals surface area contributed by atoms with Crippen molar-refractivity contribution in [3.05, 3.63) is 35.9 Å². The Morgan fingerprint density at radius 1 is 1.29 bits per heavy atom. The zero-order chi connectivity index (χ0) is 12.1. The minimum Gasteiger partial charge on any atom is -0.389 e. The van der Waals surface area contributed by atoms with Crippen LogP contribution in [0.3, 0.4) is 0 Å².